The summed E-state index contributed by atoms with van der Waals surface area (Å²) < 4.78 is 1.26. The lowest BCUT2D eigenvalue weighted by atomic mass is 9.90. The highest BCUT2D eigenvalue weighted by Crippen LogP contribution is 2.29. The summed E-state index contributed by atoms with van der Waals surface area (Å²) in [5.41, 5.74) is 9.72. The predicted octanol–water partition coefficient (Wildman–Crippen LogP) is 3.30. The van der Waals surface area contributed by atoms with Crippen molar-refractivity contribution < 1.29 is 0 Å². The molecule has 1 aliphatic carbocycles. The van der Waals surface area contributed by atoms with E-state index in [1.165, 1.54) is 46.8 Å². The zero-order valence-electron chi connectivity index (χ0n) is 8.80. The monoisotopic (exact) mass is 265 g/mol. The molecule has 1 aliphatic rings. The van der Waals surface area contributed by atoms with Crippen LogP contribution in [-0.4, -0.2) is 6.54 Å². The Morgan fingerprint density at radius 2 is 2.07 bits per heavy atom. The fraction of sp³-hybridized carbons (Fsp3) is 0.385. The average molecular weight is 266 g/mol. The van der Waals surface area contributed by atoms with E-state index in [9.17, 15) is 0 Å². The van der Waals surface area contributed by atoms with Crippen LogP contribution in [0.15, 0.2) is 22.7 Å². The van der Waals surface area contributed by atoms with E-state index in [-0.39, 0.29) is 0 Å². The van der Waals surface area contributed by atoms with Crippen molar-refractivity contribution >= 4 is 22.0 Å². The van der Waals surface area contributed by atoms with E-state index in [0.29, 0.717) is 6.54 Å². The maximum Gasteiger partial charge on any atom is 0.0215 e. The molecule has 2 heteroatoms. The second-order valence-corrected chi connectivity index (χ2v) is 4.84. The Labute approximate surface area is 99.5 Å². The van der Waals surface area contributed by atoms with Crippen LogP contribution in [0.2, 0.25) is 0 Å². The van der Waals surface area contributed by atoms with Crippen molar-refractivity contribution in [3.05, 3.63) is 39.4 Å². The van der Waals surface area contributed by atoms with E-state index in [2.05, 4.69) is 34.1 Å². The Kier molecular flexibility index (Phi) is 3.60. The van der Waals surface area contributed by atoms with Gasteiger partial charge >= 0.3 is 0 Å². The molecule has 0 unspecified atom stereocenters. The minimum Gasteiger partial charge on any atom is -0.327 e. The Bertz CT molecular complexity index is 382. The van der Waals surface area contributed by atoms with Crippen LogP contribution in [0.25, 0.3) is 6.08 Å². The van der Waals surface area contributed by atoms with Gasteiger partial charge in [-0.05, 0) is 48.4 Å². The standard InChI is InChI=1S/C13H16BrN/c14-13-9-10(4-3-7-15)8-11-5-1-2-6-12(11)13/h3-4,8-9H,1-2,5-7,15H2/b4-3+. The van der Waals surface area contributed by atoms with Crippen LogP contribution < -0.4 is 5.73 Å². The number of nitrogens with two attached hydrogens (primary N) is 1. The van der Waals surface area contributed by atoms with Crippen LogP contribution in [0, 0.1) is 0 Å². The van der Waals surface area contributed by atoms with Crippen molar-refractivity contribution in [2.45, 2.75) is 25.7 Å². The van der Waals surface area contributed by atoms with E-state index >= 15 is 0 Å². The first kappa shape index (κ1) is 10.9. The molecule has 0 amide bonds. The van der Waals surface area contributed by atoms with E-state index in [4.69, 9.17) is 5.73 Å². The van der Waals surface area contributed by atoms with Crippen LogP contribution >= 0.6 is 15.9 Å². The van der Waals surface area contributed by atoms with E-state index in [0.717, 1.165) is 0 Å². The van der Waals surface area contributed by atoms with Gasteiger partial charge in [-0.2, -0.15) is 0 Å². The first-order chi connectivity index (χ1) is 7.31. The number of hydrogen-bond acceptors (Lipinski definition) is 1. The molecule has 0 atom stereocenters. The summed E-state index contributed by atoms with van der Waals surface area (Å²) in [5.74, 6) is 0. The molecule has 15 heavy (non-hydrogen) atoms. The minimum absolute atomic E-state index is 0.606. The highest BCUT2D eigenvalue weighted by atomic mass is 79.9. The molecule has 0 radical (unpaired) electrons. The topological polar surface area (TPSA) is 26.0 Å². The maximum absolute atomic E-state index is 5.45. The molecule has 0 bridgehead atoms. The van der Waals surface area contributed by atoms with Crippen molar-refractivity contribution in [1.82, 2.24) is 0 Å². The first-order valence-corrected chi connectivity index (χ1v) is 6.28. The molecule has 1 aromatic rings. The average Bonchev–Trinajstić information content (AvgIpc) is 2.26. The van der Waals surface area contributed by atoms with Gasteiger partial charge < -0.3 is 5.73 Å². The van der Waals surface area contributed by atoms with Gasteiger partial charge in [0.05, 0.1) is 0 Å². The van der Waals surface area contributed by atoms with Crippen LogP contribution in [0.5, 0.6) is 0 Å². The summed E-state index contributed by atoms with van der Waals surface area (Å²) in [5, 5.41) is 0. The number of fused-ring (bicyclic) bond motifs is 1. The molecule has 1 nitrogen and oxygen atoms in total. The zero-order chi connectivity index (χ0) is 10.7. The summed E-state index contributed by atoms with van der Waals surface area (Å²) in [6, 6.07) is 4.49. The van der Waals surface area contributed by atoms with Gasteiger partial charge in [0.25, 0.3) is 0 Å². The summed E-state index contributed by atoms with van der Waals surface area (Å²) in [6.07, 6.45) is 9.18. The van der Waals surface area contributed by atoms with Crippen LogP contribution in [0.1, 0.15) is 29.5 Å². The Hall–Kier alpha value is -0.600. The van der Waals surface area contributed by atoms with Gasteiger partial charge in [0.2, 0.25) is 0 Å². The second-order valence-electron chi connectivity index (χ2n) is 3.99. The summed E-state index contributed by atoms with van der Waals surface area (Å²) in [4.78, 5) is 0. The molecular weight excluding hydrogens is 250 g/mol. The molecule has 0 heterocycles. The molecule has 2 N–H and O–H groups in total. The van der Waals surface area contributed by atoms with Crippen molar-refractivity contribution in [3.63, 3.8) is 0 Å². The molecule has 1 aromatic carbocycles. The van der Waals surface area contributed by atoms with E-state index < -0.39 is 0 Å². The molecule has 0 saturated heterocycles. The summed E-state index contributed by atoms with van der Waals surface area (Å²) >= 11 is 3.66. The van der Waals surface area contributed by atoms with Crippen molar-refractivity contribution in [2.24, 2.45) is 5.73 Å². The molecule has 0 aromatic heterocycles. The quantitative estimate of drug-likeness (QED) is 0.873. The van der Waals surface area contributed by atoms with Crippen LogP contribution in [-0.2, 0) is 12.8 Å². The van der Waals surface area contributed by atoms with E-state index in [1.807, 2.05) is 6.08 Å². The van der Waals surface area contributed by atoms with E-state index in [1.54, 1.807) is 0 Å². The lowest BCUT2D eigenvalue weighted by Gasteiger charge is -2.17. The normalized spacial score (nSPS) is 15.6. The third-order valence-corrected chi connectivity index (χ3v) is 3.59. The SMILES string of the molecule is NC/C=C/c1cc(Br)c2c(c1)CCCC2. The van der Waals surface area contributed by atoms with Crippen LogP contribution in [0.3, 0.4) is 0 Å². The molecule has 0 aliphatic heterocycles. The van der Waals surface area contributed by atoms with Gasteiger partial charge in [-0.3, -0.25) is 0 Å². The molecule has 80 valence electrons. The van der Waals surface area contributed by atoms with Gasteiger partial charge in [-0.25, -0.2) is 0 Å². The highest BCUT2D eigenvalue weighted by Gasteiger charge is 2.12. The zero-order valence-corrected chi connectivity index (χ0v) is 10.4. The summed E-state index contributed by atoms with van der Waals surface area (Å²) in [6.45, 7) is 0.606. The molecule has 0 fully saturated rings. The number of hydrogen-bond donors (Lipinski definition) is 1. The highest BCUT2D eigenvalue weighted by molar-refractivity contribution is 9.10. The third kappa shape index (κ3) is 2.50. The van der Waals surface area contributed by atoms with Crippen LogP contribution in [0.4, 0.5) is 0 Å². The van der Waals surface area contributed by atoms with Crippen molar-refractivity contribution in [1.29, 1.82) is 0 Å². The predicted molar refractivity (Wildman–Crippen MR) is 68.9 cm³/mol. The Morgan fingerprint density at radius 1 is 1.27 bits per heavy atom. The lowest BCUT2D eigenvalue weighted by Crippen LogP contribution is -2.03. The summed E-state index contributed by atoms with van der Waals surface area (Å²) in [7, 11) is 0. The lowest BCUT2D eigenvalue weighted by molar-refractivity contribution is 0.683. The molecular formula is C13H16BrN. The molecule has 0 saturated carbocycles. The number of benzene rings is 1. The van der Waals surface area contributed by atoms with Crippen molar-refractivity contribution in [2.75, 3.05) is 6.54 Å². The molecule has 0 spiro atoms. The maximum atomic E-state index is 5.45. The fourth-order valence-electron chi connectivity index (χ4n) is 2.14. The van der Waals surface area contributed by atoms with Gasteiger partial charge in [-0.15, -0.1) is 0 Å². The molecule has 2 rings (SSSR count). The number of aryl methyl sites for hydroxylation is 1. The Balaban J connectivity index is 2.36. The van der Waals surface area contributed by atoms with Gasteiger partial charge in [-0.1, -0.05) is 34.1 Å². The fourth-order valence-corrected chi connectivity index (χ4v) is 2.85. The smallest absolute Gasteiger partial charge is 0.0215 e. The number of rotatable bonds is 2. The third-order valence-electron chi connectivity index (χ3n) is 2.88. The van der Waals surface area contributed by atoms with Crippen molar-refractivity contribution in [3.8, 4) is 0 Å². The van der Waals surface area contributed by atoms with Gasteiger partial charge in [0, 0.05) is 11.0 Å². The first-order valence-electron chi connectivity index (χ1n) is 5.49. The van der Waals surface area contributed by atoms with Gasteiger partial charge in [0.15, 0.2) is 0 Å². The minimum atomic E-state index is 0.606. The largest absolute Gasteiger partial charge is 0.327 e. The Morgan fingerprint density at radius 3 is 2.87 bits per heavy atom. The number of halogens is 1. The van der Waals surface area contributed by atoms with Gasteiger partial charge in [0.1, 0.15) is 0 Å². The second kappa shape index (κ2) is 4.95.